The van der Waals surface area contributed by atoms with Crippen LogP contribution < -0.4 is 10.2 Å². The van der Waals surface area contributed by atoms with Gasteiger partial charge in [-0.25, -0.2) is 22.0 Å². The molecule has 2 atom stereocenters. The third-order valence-electron chi connectivity index (χ3n) is 4.27. The molecule has 2 aliphatic rings. The van der Waals surface area contributed by atoms with E-state index in [4.69, 9.17) is 0 Å². The number of nitrogens with one attached hydrogen (secondary N) is 1. The zero-order chi connectivity index (χ0) is 15.3. The molecule has 0 radical (unpaired) electrons. The molecular formula is C14H15F5N2. The first kappa shape index (κ1) is 14.6. The highest BCUT2D eigenvalue weighted by Crippen LogP contribution is 2.37. The second-order valence-electron chi connectivity index (χ2n) is 5.77. The highest BCUT2D eigenvalue weighted by Gasteiger charge is 2.39. The average Bonchev–Trinajstić information content (AvgIpc) is 3.30. The van der Waals surface area contributed by atoms with Crippen molar-refractivity contribution in [2.75, 3.05) is 18.0 Å². The van der Waals surface area contributed by atoms with Gasteiger partial charge in [0.2, 0.25) is 5.82 Å². The fourth-order valence-corrected chi connectivity index (χ4v) is 2.86. The molecular weight excluding hydrogens is 291 g/mol. The number of anilines is 1. The monoisotopic (exact) mass is 306 g/mol. The van der Waals surface area contributed by atoms with Crippen LogP contribution >= 0.6 is 0 Å². The van der Waals surface area contributed by atoms with Gasteiger partial charge in [0.25, 0.3) is 0 Å². The summed E-state index contributed by atoms with van der Waals surface area (Å²) in [4.78, 5) is 1.29. The van der Waals surface area contributed by atoms with Crippen LogP contribution in [-0.4, -0.2) is 25.2 Å². The second kappa shape index (κ2) is 5.12. The van der Waals surface area contributed by atoms with Gasteiger partial charge in [0, 0.05) is 25.2 Å². The predicted octanol–water partition coefficient (Wildman–Crippen LogP) is 2.96. The van der Waals surface area contributed by atoms with E-state index in [-0.39, 0.29) is 18.6 Å². The van der Waals surface area contributed by atoms with Gasteiger partial charge in [-0.3, -0.25) is 0 Å². The van der Waals surface area contributed by atoms with Crippen LogP contribution in [0.15, 0.2) is 0 Å². The van der Waals surface area contributed by atoms with Crippen molar-refractivity contribution < 1.29 is 22.0 Å². The molecule has 7 heteroatoms. The molecule has 1 aromatic carbocycles. The van der Waals surface area contributed by atoms with Gasteiger partial charge in [-0.1, -0.05) is 0 Å². The number of nitrogens with zero attached hydrogens (tertiary/aromatic N) is 1. The molecule has 0 spiro atoms. The lowest BCUT2D eigenvalue weighted by Crippen LogP contribution is -2.57. The van der Waals surface area contributed by atoms with Crippen LogP contribution in [0.5, 0.6) is 0 Å². The van der Waals surface area contributed by atoms with Crippen molar-refractivity contribution in [3.8, 4) is 0 Å². The first-order valence-corrected chi connectivity index (χ1v) is 6.93. The minimum atomic E-state index is -2.12. The molecule has 1 aliphatic heterocycles. The van der Waals surface area contributed by atoms with Crippen LogP contribution in [-0.2, 0) is 0 Å². The van der Waals surface area contributed by atoms with E-state index < -0.39 is 34.8 Å². The second-order valence-corrected chi connectivity index (χ2v) is 5.77. The van der Waals surface area contributed by atoms with Gasteiger partial charge in [0.15, 0.2) is 23.3 Å². The third-order valence-corrected chi connectivity index (χ3v) is 4.27. The lowest BCUT2D eigenvalue weighted by atomic mass is 10.0. The molecule has 1 N–H and O–H groups in total. The van der Waals surface area contributed by atoms with E-state index in [2.05, 4.69) is 5.32 Å². The van der Waals surface area contributed by atoms with Crippen molar-refractivity contribution in [2.24, 2.45) is 5.92 Å². The summed E-state index contributed by atoms with van der Waals surface area (Å²) < 4.78 is 67.7. The largest absolute Gasteiger partial charge is 0.361 e. The Balaban J connectivity index is 2.01. The minimum absolute atomic E-state index is 0.0242. The van der Waals surface area contributed by atoms with E-state index in [1.54, 1.807) is 6.92 Å². The Hall–Kier alpha value is -1.37. The van der Waals surface area contributed by atoms with Gasteiger partial charge in [-0.2, -0.15) is 0 Å². The van der Waals surface area contributed by atoms with Crippen LogP contribution in [0.1, 0.15) is 19.8 Å². The van der Waals surface area contributed by atoms with Crippen molar-refractivity contribution in [3.63, 3.8) is 0 Å². The molecule has 2 nitrogen and oxygen atoms in total. The Kier molecular flexibility index (Phi) is 3.55. The summed E-state index contributed by atoms with van der Waals surface area (Å²) in [6.45, 7) is 2.37. The van der Waals surface area contributed by atoms with Crippen LogP contribution in [0.25, 0.3) is 0 Å². The Morgan fingerprint density at radius 2 is 1.43 bits per heavy atom. The molecule has 3 rings (SSSR count). The minimum Gasteiger partial charge on any atom is -0.361 e. The summed E-state index contributed by atoms with van der Waals surface area (Å²) in [6.07, 6.45) is 2.05. The summed E-state index contributed by atoms with van der Waals surface area (Å²) >= 11 is 0. The van der Waals surface area contributed by atoms with Gasteiger partial charge >= 0.3 is 0 Å². The maximum absolute atomic E-state index is 13.9. The summed E-state index contributed by atoms with van der Waals surface area (Å²) in [7, 11) is 0. The first-order valence-electron chi connectivity index (χ1n) is 6.93. The van der Waals surface area contributed by atoms with Gasteiger partial charge < -0.3 is 10.2 Å². The molecule has 1 heterocycles. The lowest BCUT2D eigenvalue weighted by molar-refractivity contribution is 0.349. The quantitative estimate of drug-likeness (QED) is 0.513. The maximum Gasteiger partial charge on any atom is 0.200 e. The van der Waals surface area contributed by atoms with E-state index in [1.165, 1.54) is 4.90 Å². The number of hydrogen-bond acceptors (Lipinski definition) is 2. The summed E-state index contributed by atoms with van der Waals surface area (Å²) in [5.74, 6) is -8.99. The van der Waals surface area contributed by atoms with E-state index in [1.807, 2.05) is 0 Å². The number of benzene rings is 1. The van der Waals surface area contributed by atoms with Gasteiger partial charge in [-0.05, 0) is 25.7 Å². The van der Waals surface area contributed by atoms with Crippen molar-refractivity contribution in [2.45, 2.75) is 31.8 Å². The van der Waals surface area contributed by atoms with E-state index in [0.717, 1.165) is 12.8 Å². The number of rotatable bonds is 2. The molecule has 1 saturated heterocycles. The van der Waals surface area contributed by atoms with Crippen LogP contribution in [0.4, 0.5) is 27.6 Å². The van der Waals surface area contributed by atoms with Gasteiger partial charge in [-0.15, -0.1) is 0 Å². The molecule has 1 saturated carbocycles. The highest BCUT2D eigenvalue weighted by atomic mass is 19.2. The zero-order valence-corrected chi connectivity index (χ0v) is 11.4. The Labute approximate surface area is 118 Å². The van der Waals surface area contributed by atoms with Crippen molar-refractivity contribution in [1.29, 1.82) is 0 Å². The number of piperazine rings is 1. The predicted molar refractivity (Wildman–Crippen MR) is 67.6 cm³/mol. The Morgan fingerprint density at radius 1 is 0.905 bits per heavy atom. The summed E-state index contributed by atoms with van der Waals surface area (Å²) in [6, 6.07) is -0.329. The lowest BCUT2D eigenvalue weighted by Gasteiger charge is -2.40. The molecule has 1 aromatic rings. The number of hydrogen-bond donors (Lipinski definition) is 1. The fourth-order valence-electron chi connectivity index (χ4n) is 2.86. The van der Waals surface area contributed by atoms with Crippen LogP contribution in [0.2, 0.25) is 0 Å². The maximum atomic E-state index is 13.9. The molecule has 2 fully saturated rings. The van der Waals surface area contributed by atoms with Crippen molar-refractivity contribution >= 4 is 5.69 Å². The zero-order valence-electron chi connectivity index (χ0n) is 11.4. The summed E-state index contributed by atoms with van der Waals surface area (Å²) in [5.41, 5.74) is -0.814. The summed E-state index contributed by atoms with van der Waals surface area (Å²) in [5, 5.41) is 3.26. The molecule has 2 unspecified atom stereocenters. The van der Waals surface area contributed by atoms with Crippen molar-refractivity contribution in [1.82, 2.24) is 5.32 Å². The SMILES string of the molecule is CC1CNC(C2CC2)CN1c1c(F)c(F)c(F)c(F)c1F. The molecule has 0 aromatic heterocycles. The fraction of sp³-hybridized carbons (Fsp3) is 0.571. The number of halogens is 5. The Morgan fingerprint density at radius 3 is 1.95 bits per heavy atom. The third kappa shape index (κ3) is 2.37. The highest BCUT2D eigenvalue weighted by molar-refractivity contribution is 5.52. The van der Waals surface area contributed by atoms with Gasteiger partial charge in [0.1, 0.15) is 5.69 Å². The average molecular weight is 306 g/mol. The molecule has 21 heavy (non-hydrogen) atoms. The smallest absolute Gasteiger partial charge is 0.200 e. The van der Waals surface area contributed by atoms with Crippen molar-refractivity contribution in [3.05, 3.63) is 29.1 Å². The Bertz CT molecular complexity index is 544. The molecule has 116 valence electrons. The van der Waals surface area contributed by atoms with E-state index in [9.17, 15) is 22.0 Å². The van der Waals surface area contributed by atoms with Gasteiger partial charge in [0.05, 0.1) is 0 Å². The van der Waals surface area contributed by atoms with Crippen LogP contribution in [0.3, 0.4) is 0 Å². The standard InChI is InChI=1S/C14H15F5N2/c1-6-4-20-8(7-2-3-7)5-21(6)14-12(18)10(16)9(15)11(17)13(14)19/h6-8,20H,2-5H2,1H3. The molecule has 1 aliphatic carbocycles. The van der Waals surface area contributed by atoms with E-state index >= 15 is 0 Å². The van der Waals surface area contributed by atoms with E-state index in [0.29, 0.717) is 12.5 Å². The van der Waals surface area contributed by atoms with Crippen LogP contribution in [0, 0.1) is 35.0 Å². The molecule has 0 bridgehead atoms. The first-order chi connectivity index (χ1) is 9.91. The normalized spacial score (nSPS) is 26.3. The topological polar surface area (TPSA) is 15.3 Å². The molecule has 0 amide bonds.